The number of likely N-dealkylation sites (N-methyl/N-ethyl adjacent to an activating group) is 1. The number of hydrogen-bond acceptors (Lipinski definition) is 6. The molecule has 1 rings (SSSR count). The smallest absolute Gasteiger partial charge is 0.256 e. The van der Waals surface area contributed by atoms with Crippen molar-refractivity contribution in [2.75, 3.05) is 26.2 Å². The topological polar surface area (TPSA) is 88.4 Å². The first kappa shape index (κ1) is 13.1. The van der Waals surface area contributed by atoms with E-state index in [1.165, 1.54) is 0 Å². The molecule has 1 aromatic heterocycles. The summed E-state index contributed by atoms with van der Waals surface area (Å²) in [5.41, 5.74) is 5.29. The van der Waals surface area contributed by atoms with Crippen molar-refractivity contribution in [3.63, 3.8) is 0 Å². The van der Waals surface area contributed by atoms with Crippen molar-refractivity contribution in [1.82, 2.24) is 15.0 Å². The number of aromatic nitrogens is 2. The van der Waals surface area contributed by atoms with Gasteiger partial charge in [0.15, 0.2) is 5.82 Å². The molecule has 0 aliphatic rings. The monoisotopic (exact) mass is 228 g/mol. The number of aliphatic hydroxyl groups is 1. The van der Waals surface area contributed by atoms with E-state index in [1.54, 1.807) is 0 Å². The molecular formula is C10H20N4O2. The van der Waals surface area contributed by atoms with Crippen molar-refractivity contribution < 1.29 is 9.63 Å². The van der Waals surface area contributed by atoms with Crippen LogP contribution in [0.2, 0.25) is 0 Å². The van der Waals surface area contributed by atoms with Crippen molar-refractivity contribution >= 4 is 0 Å². The predicted molar refractivity (Wildman–Crippen MR) is 59.8 cm³/mol. The molecule has 16 heavy (non-hydrogen) atoms. The van der Waals surface area contributed by atoms with Gasteiger partial charge in [0, 0.05) is 19.5 Å². The predicted octanol–water partition coefficient (Wildman–Crippen LogP) is -0.0540. The Morgan fingerprint density at radius 2 is 2.12 bits per heavy atom. The quantitative estimate of drug-likeness (QED) is 0.680. The summed E-state index contributed by atoms with van der Waals surface area (Å²) in [6, 6.07) is 0. The molecule has 0 bridgehead atoms. The van der Waals surface area contributed by atoms with Crippen LogP contribution in [0, 0.1) is 0 Å². The summed E-state index contributed by atoms with van der Waals surface area (Å²) in [6.07, 6.45) is -0.127. The third-order valence-corrected chi connectivity index (χ3v) is 2.54. The molecule has 6 heteroatoms. The minimum absolute atomic E-state index is 0.0949. The zero-order valence-electron chi connectivity index (χ0n) is 9.89. The van der Waals surface area contributed by atoms with Crippen LogP contribution in [0.5, 0.6) is 0 Å². The first-order valence-corrected chi connectivity index (χ1v) is 5.64. The molecule has 0 fully saturated rings. The molecule has 1 heterocycles. The van der Waals surface area contributed by atoms with Crippen LogP contribution in [0.4, 0.5) is 0 Å². The minimum Gasteiger partial charge on any atom is -0.382 e. The van der Waals surface area contributed by atoms with E-state index in [4.69, 9.17) is 10.3 Å². The molecule has 6 nitrogen and oxygen atoms in total. The molecule has 0 saturated carbocycles. The van der Waals surface area contributed by atoms with Gasteiger partial charge < -0.3 is 20.3 Å². The van der Waals surface area contributed by atoms with Crippen molar-refractivity contribution in [2.45, 2.75) is 26.4 Å². The Labute approximate surface area is 95.4 Å². The zero-order chi connectivity index (χ0) is 12.0. The summed E-state index contributed by atoms with van der Waals surface area (Å²) in [6.45, 7) is 7.23. The molecular weight excluding hydrogens is 208 g/mol. The first-order valence-electron chi connectivity index (χ1n) is 5.64. The molecule has 0 aromatic carbocycles. The molecule has 1 unspecified atom stereocenters. The number of nitrogens with zero attached hydrogens (tertiary/aromatic N) is 3. The van der Waals surface area contributed by atoms with Crippen LogP contribution >= 0.6 is 0 Å². The van der Waals surface area contributed by atoms with Crippen LogP contribution in [0.1, 0.15) is 31.7 Å². The van der Waals surface area contributed by atoms with Crippen molar-refractivity contribution in [1.29, 1.82) is 0 Å². The molecule has 0 aliphatic carbocycles. The SMILES string of the molecule is CCN(CC)CCc1noc(C(O)CN)n1. The van der Waals surface area contributed by atoms with Crippen molar-refractivity contribution in [3.05, 3.63) is 11.7 Å². The Morgan fingerprint density at radius 3 is 2.69 bits per heavy atom. The van der Waals surface area contributed by atoms with Gasteiger partial charge >= 0.3 is 0 Å². The van der Waals surface area contributed by atoms with E-state index in [9.17, 15) is 5.11 Å². The van der Waals surface area contributed by atoms with E-state index in [0.29, 0.717) is 5.82 Å². The molecule has 1 atom stereocenters. The molecule has 0 radical (unpaired) electrons. The summed E-state index contributed by atoms with van der Waals surface area (Å²) in [4.78, 5) is 6.36. The minimum atomic E-state index is -0.852. The largest absolute Gasteiger partial charge is 0.382 e. The average Bonchev–Trinajstić information content (AvgIpc) is 2.78. The van der Waals surface area contributed by atoms with E-state index >= 15 is 0 Å². The molecule has 0 amide bonds. The maximum absolute atomic E-state index is 9.38. The van der Waals surface area contributed by atoms with Gasteiger partial charge in [-0.3, -0.25) is 0 Å². The second-order valence-electron chi connectivity index (χ2n) is 3.58. The summed E-state index contributed by atoms with van der Waals surface area (Å²) < 4.78 is 4.91. The molecule has 1 aromatic rings. The van der Waals surface area contributed by atoms with Crippen molar-refractivity contribution in [2.24, 2.45) is 5.73 Å². The average molecular weight is 228 g/mol. The Morgan fingerprint density at radius 1 is 1.44 bits per heavy atom. The third kappa shape index (κ3) is 3.55. The standard InChI is InChI=1S/C10H20N4O2/c1-3-14(4-2)6-5-9-12-10(16-13-9)8(15)7-11/h8,15H,3-7,11H2,1-2H3. The van der Waals surface area contributed by atoms with Gasteiger partial charge in [0.1, 0.15) is 6.10 Å². The summed E-state index contributed by atoms with van der Waals surface area (Å²) in [5, 5.41) is 13.2. The van der Waals surface area contributed by atoms with E-state index in [1.807, 2.05) is 0 Å². The molecule has 0 aliphatic heterocycles. The Bertz CT molecular complexity index is 299. The fourth-order valence-electron chi connectivity index (χ4n) is 1.40. The zero-order valence-corrected chi connectivity index (χ0v) is 9.89. The summed E-state index contributed by atoms with van der Waals surface area (Å²) in [7, 11) is 0. The molecule has 0 spiro atoms. The van der Waals surface area contributed by atoms with Crippen molar-refractivity contribution in [3.8, 4) is 0 Å². The van der Waals surface area contributed by atoms with Gasteiger partial charge in [-0.25, -0.2) is 0 Å². The fraction of sp³-hybridized carbons (Fsp3) is 0.800. The highest BCUT2D eigenvalue weighted by atomic mass is 16.5. The van der Waals surface area contributed by atoms with Crippen LogP contribution in [0.15, 0.2) is 4.52 Å². The highest BCUT2D eigenvalue weighted by molar-refractivity contribution is 4.90. The summed E-state index contributed by atoms with van der Waals surface area (Å²) >= 11 is 0. The first-order chi connectivity index (χ1) is 7.71. The third-order valence-electron chi connectivity index (χ3n) is 2.54. The van der Waals surface area contributed by atoms with Gasteiger partial charge in [0.2, 0.25) is 0 Å². The van der Waals surface area contributed by atoms with E-state index in [-0.39, 0.29) is 12.4 Å². The van der Waals surface area contributed by atoms with Gasteiger partial charge in [-0.1, -0.05) is 19.0 Å². The lowest BCUT2D eigenvalue weighted by molar-refractivity contribution is 0.141. The second kappa shape index (κ2) is 6.57. The van der Waals surface area contributed by atoms with E-state index < -0.39 is 6.10 Å². The number of aliphatic hydroxyl groups excluding tert-OH is 1. The van der Waals surface area contributed by atoms with Gasteiger partial charge in [0.25, 0.3) is 5.89 Å². The number of nitrogens with two attached hydrogens (primary N) is 1. The highest BCUT2D eigenvalue weighted by Gasteiger charge is 2.14. The maximum atomic E-state index is 9.38. The normalized spacial score (nSPS) is 13.3. The molecule has 3 N–H and O–H groups in total. The number of rotatable bonds is 7. The molecule has 92 valence electrons. The lowest BCUT2D eigenvalue weighted by Gasteiger charge is -2.16. The van der Waals surface area contributed by atoms with E-state index in [2.05, 4.69) is 28.9 Å². The van der Waals surface area contributed by atoms with Gasteiger partial charge in [-0.05, 0) is 13.1 Å². The second-order valence-corrected chi connectivity index (χ2v) is 3.58. The van der Waals surface area contributed by atoms with Crippen LogP contribution in [0.3, 0.4) is 0 Å². The Kier molecular flexibility index (Phi) is 5.37. The van der Waals surface area contributed by atoms with Gasteiger partial charge in [-0.2, -0.15) is 4.98 Å². The van der Waals surface area contributed by atoms with Crippen LogP contribution in [-0.4, -0.2) is 46.3 Å². The summed E-state index contributed by atoms with van der Waals surface area (Å²) in [5.74, 6) is 0.825. The Hall–Kier alpha value is -0.980. The maximum Gasteiger partial charge on any atom is 0.256 e. The lowest BCUT2D eigenvalue weighted by atomic mass is 10.3. The number of hydrogen-bond donors (Lipinski definition) is 2. The van der Waals surface area contributed by atoms with E-state index in [0.717, 1.165) is 26.1 Å². The lowest BCUT2D eigenvalue weighted by Crippen LogP contribution is -2.25. The molecule has 0 saturated heterocycles. The van der Waals surface area contributed by atoms with Gasteiger partial charge in [-0.15, -0.1) is 0 Å². The fourth-order valence-corrected chi connectivity index (χ4v) is 1.40. The van der Waals surface area contributed by atoms with Gasteiger partial charge in [0.05, 0.1) is 0 Å². The highest BCUT2D eigenvalue weighted by Crippen LogP contribution is 2.08. The van der Waals surface area contributed by atoms with Crippen LogP contribution in [-0.2, 0) is 6.42 Å². The van der Waals surface area contributed by atoms with Crippen LogP contribution < -0.4 is 5.73 Å². The van der Waals surface area contributed by atoms with Crippen LogP contribution in [0.25, 0.3) is 0 Å². The Balaban J connectivity index is 2.46.